The molecule has 0 unspecified atom stereocenters. The highest BCUT2D eigenvalue weighted by molar-refractivity contribution is 7.12. The van der Waals surface area contributed by atoms with Gasteiger partial charge in [-0.05, 0) is 29.6 Å². The summed E-state index contributed by atoms with van der Waals surface area (Å²) in [7, 11) is 0. The number of amides is 2. The largest absolute Gasteiger partial charge is 0.441 e. The van der Waals surface area contributed by atoms with Crippen molar-refractivity contribution in [2.75, 3.05) is 26.2 Å². The van der Waals surface area contributed by atoms with E-state index < -0.39 is 0 Å². The summed E-state index contributed by atoms with van der Waals surface area (Å²) in [6.45, 7) is 3.94. The molecule has 1 aliphatic heterocycles. The number of hydrogen-bond donors (Lipinski definition) is 0. The van der Waals surface area contributed by atoms with Crippen LogP contribution in [-0.2, 0) is 0 Å². The molecule has 0 radical (unpaired) electrons. The maximum atomic E-state index is 12.7. The van der Waals surface area contributed by atoms with Gasteiger partial charge >= 0.3 is 0 Å². The second-order valence-electron chi connectivity index (χ2n) is 5.98. The Balaban J connectivity index is 1.44. The third-order valence-corrected chi connectivity index (χ3v) is 5.19. The summed E-state index contributed by atoms with van der Waals surface area (Å²) < 4.78 is 5.50. The molecular formula is C18H17N3O3S. The summed E-state index contributed by atoms with van der Waals surface area (Å²) in [5.74, 6) is 0.583. The summed E-state index contributed by atoms with van der Waals surface area (Å²) in [5, 5.41) is 1.90. The first kappa shape index (κ1) is 15.8. The smallest absolute Gasteiger partial charge is 0.264 e. The third kappa shape index (κ3) is 3.02. The molecule has 0 spiro atoms. The van der Waals surface area contributed by atoms with Crippen molar-refractivity contribution in [3.05, 3.63) is 52.0 Å². The highest BCUT2D eigenvalue weighted by Gasteiger charge is 2.26. The number of benzene rings is 1. The fraction of sp³-hybridized carbons (Fsp3) is 0.278. The van der Waals surface area contributed by atoms with Gasteiger partial charge in [-0.15, -0.1) is 11.3 Å². The van der Waals surface area contributed by atoms with Crippen molar-refractivity contribution in [2.45, 2.75) is 6.92 Å². The topological polar surface area (TPSA) is 66.7 Å². The molecule has 0 saturated carbocycles. The molecule has 1 fully saturated rings. The van der Waals surface area contributed by atoms with Crippen LogP contribution in [0.25, 0.3) is 11.1 Å². The van der Waals surface area contributed by atoms with Gasteiger partial charge < -0.3 is 14.2 Å². The van der Waals surface area contributed by atoms with Crippen molar-refractivity contribution >= 4 is 34.3 Å². The van der Waals surface area contributed by atoms with Crippen LogP contribution in [0.4, 0.5) is 0 Å². The molecule has 3 aromatic rings. The second-order valence-corrected chi connectivity index (χ2v) is 6.92. The van der Waals surface area contributed by atoms with Crippen LogP contribution in [0.2, 0.25) is 0 Å². The lowest BCUT2D eigenvalue weighted by Gasteiger charge is -2.34. The maximum absolute atomic E-state index is 12.7. The van der Waals surface area contributed by atoms with Crippen molar-refractivity contribution in [2.24, 2.45) is 0 Å². The molecular weight excluding hydrogens is 338 g/mol. The van der Waals surface area contributed by atoms with Crippen LogP contribution in [0.15, 0.2) is 40.1 Å². The third-order valence-electron chi connectivity index (χ3n) is 4.33. The molecule has 0 aliphatic carbocycles. The van der Waals surface area contributed by atoms with Crippen LogP contribution >= 0.6 is 11.3 Å². The van der Waals surface area contributed by atoms with Crippen molar-refractivity contribution in [3.63, 3.8) is 0 Å². The Bertz CT molecular complexity index is 924. The van der Waals surface area contributed by atoms with Gasteiger partial charge in [-0.2, -0.15) is 0 Å². The van der Waals surface area contributed by atoms with Gasteiger partial charge in [-0.3, -0.25) is 9.59 Å². The van der Waals surface area contributed by atoms with Gasteiger partial charge in [0.1, 0.15) is 5.52 Å². The van der Waals surface area contributed by atoms with Crippen molar-refractivity contribution < 1.29 is 14.0 Å². The first-order valence-corrected chi connectivity index (χ1v) is 8.99. The standard InChI is InChI=1S/C18H17N3O3S/c1-12-19-14-5-4-13(11-15(14)24-12)17(22)20-6-8-21(9-7-20)18(23)16-3-2-10-25-16/h2-5,10-11H,6-9H2,1H3. The van der Waals surface area contributed by atoms with E-state index in [9.17, 15) is 9.59 Å². The van der Waals surface area contributed by atoms with E-state index in [0.717, 1.165) is 10.4 Å². The summed E-state index contributed by atoms with van der Waals surface area (Å²) in [6, 6.07) is 9.02. The highest BCUT2D eigenvalue weighted by Crippen LogP contribution is 2.19. The number of fused-ring (bicyclic) bond motifs is 1. The summed E-state index contributed by atoms with van der Waals surface area (Å²) in [5.41, 5.74) is 1.96. The van der Waals surface area contributed by atoms with E-state index >= 15 is 0 Å². The Morgan fingerprint density at radius 3 is 2.48 bits per heavy atom. The minimum absolute atomic E-state index is 0.0423. The zero-order chi connectivity index (χ0) is 17.4. The number of aryl methyl sites for hydroxylation is 1. The van der Waals surface area contributed by atoms with Crippen LogP contribution in [-0.4, -0.2) is 52.8 Å². The molecule has 3 heterocycles. The molecule has 2 aromatic heterocycles. The molecule has 0 bridgehead atoms. The van der Waals surface area contributed by atoms with E-state index in [1.54, 1.807) is 34.9 Å². The Hall–Kier alpha value is -2.67. The molecule has 0 atom stereocenters. The fourth-order valence-corrected chi connectivity index (χ4v) is 3.71. The van der Waals surface area contributed by atoms with E-state index in [1.165, 1.54) is 11.3 Å². The van der Waals surface area contributed by atoms with Crippen molar-refractivity contribution in [1.29, 1.82) is 0 Å². The van der Waals surface area contributed by atoms with Gasteiger partial charge in [0.25, 0.3) is 11.8 Å². The number of carbonyl (C=O) groups excluding carboxylic acids is 2. The lowest BCUT2D eigenvalue weighted by molar-refractivity contribution is 0.0538. The number of piperazine rings is 1. The average Bonchev–Trinajstić information content (AvgIpc) is 3.28. The van der Waals surface area contributed by atoms with E-state index in [-0.39, 0.29) is 11.8 Å². The molecule has 2 amide bonds. The molecule has 1 aromatic carbocycles. The van der Waals surface area contributed by atoms with Crippen LogP contribution in [0.5, 0.6) is 0 Å². The Morgan fingerprint density at radius 1 is 1.08 bits per heavy atom. The first-order valence-electron chi connectivity index (χ1n) is 8.11. The average molecular weight is 355 g/mol. The lowest BCUT2D eigenvalue weighted by Crippen LogP contribution is -2.50. The van der Waals surface area contributed by atoms with Crippen LogP contribution in [0.3, 0.4) is 0 Å². The predicted octanol–water partition coefficient (Wildman–Crippen LogP) is 2.80. The normalized spacial score (nSPS) is 14.9. The van der Waals surface area contributed by atoms with E-state index in [2.05, 4.69) is 4.98 Å². The van der Waals surface area contributed by atoms with Gasteiger partial charge in [-0.1, -0.05) is 6.07 Å². The monoisotopic (exact) mass is 355 g/mol. The summed E-state index contributed by atoms with van der Waals surface area (Å²) in [4.78, 5) is 33.7. The molecule has 25 heavy (non-hydrogen) atoms. The Morgan fingerprint density at radius 2 is 1.80 bits per heavy atom. The van der Waals surface area contributed by atoms with E-state index in [4.69, 9.17) is 4.42 Å². The number of rotatable bonds is 2. The fourth-order valence-electron chi connectivity index (χ4n) is 3.02. The highest BCUT2D eigenvalue weighted by atomic mass is 32.1. The number of nitrogens with zero attached hydrogens (tertiary/aromatic N) is 3. The van der Waals surface area contributed by atoms with Crippen molar-refractivity contribution in [1.82, 2.24) is 14.8 Å². The Kier molecular flexibility index (Phi) is 4.01. The SMILES string of the molecule is Cc1nc2ccc(C(=O)N3CCN(C(=O)c4cccs4)CC3)cc2o1. The van der Waals surface area contributed by atoms with Gasteiger partial charge in [0.05, 0.1) is 4.88 Å². The first-order chi connectivity index (χ1) is 12.1. The van der Waals surface area contributed by atoms with Crippen LogP contribution in [0, 0.1) is 6.92 Å². The molecule has 128 valence electrons. The van der Waals surface area contributed by atoms with Gasteiger partial charge in [0, 0.05) is 38.7 Å². The van der Waals surface area contributed by atoms with Crippen LogP contribution in [0.1, 0.15) is 25.9 Å². The quantitative estimate of drug-likeness (QED) is 0.709. The van der Waals surface area contributed by atoms with E-state index in [0.29, 0.717) is 43.2 Å². The molecule has 7 heteroatoms. The van der Waals surface area contributed by atoms with Crippen LogP contribution < -0.4 is 0 Å². The zero-order valence-electron chi connectivity index (χ0n) is 13.8. The molecule has 4 rings (SSSR count). The minimum atomic E-state index is -0.0424. The summed E-state index contributed by atoms with van der Waals surface area (Å²) in [6.07, 6.45) is 0. The number of thiophene rings is 1. The number of aromatic nitrogens is 1. The van der Waals surface area contributed by atoms with E-state index in [1.807, 2.05) is 17.5 Å². The minimum Gasteiger partial charge on any atom is -0.441 e. The molecule has 1 saturated heterocycles. The molecule has 1 aliphatic rings. The van der Waals surface area contributed by atoms with Gasteiger partial charge in [0.2, 0.25) is 0 Å². The van der Waals surface area contributed by atoms with Gasteiger partial charge in [-0.25, -0.2) is 4.98 Å². The molecule has 0 N–H and O–H groups in total. The number of hydrogen-bond acceptors (Lipinski definition) is 5. The second kappa shape index (κ2) is 6.33. The maximum Gasteiger partial charge on any atom is 0.264 e. The summed E-state index contributed by atoms with van der Waals surface area (Å²) >= 11 is 1.44. The zero-order valence-corrected chi connectivity index (χ0v) is 14.6. The number of carbonyl (C=O) groups is 2. The number of oxazole rings is 1. The van der Waals surface area contributed by atoms with Gasteiger partial charge in [0.15, 0.2) is 11.5 Å². The van der Waals surface area contributed by atoms with Crippen molar-refractivity contribution in [3.8, 4) is 0 Å². The lowest BCUT2D eigenvalue weighted by atomic mass is 10.1. The molecule has 6 nitrogen and oxygen atoms in total. The predicted molar refractivity (Wildman–Crippen MR) is 94.9 cm³/mol. The Labute approximate surface area is 148 Å².